The van der Waals surface area contributed by atoms with Crippen LogP contribution < -0.4 is 15.5 Å². The first-order valence-corrected chi connectivity index (χ1v) is 9.50. The van der Waals surface area contributed by atoms with Crippen LogP contribution in [0.1, 0.15) is 30.9 Å². The van der Waals surface area contributed by atoms with Crippen molar-refractivity contribution >= 4 is 17.8 Å². The average molecular weight is 382 g/mol. The average Bonchev–Trinajstić information content (AvgIpc) is 2.75. The number of urea groups is 1. The number of esters is 1. The van der Waals surface area contributed by atoms with Gasteiger partial charge in [0.05, 0.1) is 19.6 Å². The zero-order valence-electron chi connectivity index (χ0n) is 16.0. The number of nitrogens with zero attached hydrogens (tertiary/aromatic N) is 2. The zero-order chi connectivity index (χ0) is 19.8. The number of benzene rings is 1. The molecule has 0 spiro atoms. The van der Waals surface area contributed by atoms with E-state index in [-0.39, 0.29) is 24.5 Å². The number of methoxy groups -OCH3 is 1. The summed E-state index contributed by atoms with van der Waals surface area (Å²) in [6.07, 6.45) is 3.57. The summed E-state index contributed by atoms with van der Waals surface area (Å²) in [5, 5.41) is 5.95. The highest BCUT2D eigenvalue weighted by atomic mass is 16.5. The van der Waals surface area contributed by atoms with Gasteiger partial charge in [-0.2, -0.15) is 0 Å². The molecule has 1 aliphatic heterocycles. The molecule has 0 aliphatic carbocycles. The fraction of sp³-hybridized carbons (Fsp3) is 0.381. The summed E-state index contributed by atoms with van der Waals surface area (Å²) in [7, 11) is 1.35. The molecule has 2 heterocycles. The molecule has 28 heavy (non-hydrogen) atoms. The lowest BCUT2D eigenvalue weighted by molar-refractivity contribution is -0.141. The van der Waals surface area contributed by atoms with Crippen LogP contribution in [0.25, 0.3) is 0 Å². The van der Waals surface area contributed by atoms with E-state index in [1.165, 1.54) is 7.11 Å². The van der Waals surface area contributed by atoms with Gasteiger partial charge in [0.25, 0.3) is 0 Å². The second kappa shape index (κ2) is 9.73. The van der Waals surface area contributed by atoms with Crippen LogP contribution in [-0.2, 0) is 9.53 Å². The summed E-state index contributed by atoms with van der Waals surface area (Å²) >= 11 is 0. The van der Waals surface area contributed by atoms with Crippen LogP contribution in [0.3, 0.4) is 0 Å². The van der Waals surface area contributed by atoms with Crippen molar-refractivity contribution in [2.24, 2.45) is 0 Å². The Bertz CT molecular complexity index is 762. The van der Waals surface area contributed by atoms with E-state index in [0.29, 0.717) is 0 Å². The summed E-state index contributed by atoms with van der Waals surface area (Å²) in [5.74, 6) is 0.602. The number of piperidine rings is 1. The van der Waals surface area contributed by atoms with Gasteiger partial charge in [-0.25, -0.2) is 9.78 Å². The number of anilines is 1. The van der Waals surface area contributed by atoms with Gasteiger partial charge in [0.2, 0.25) is 0 Å². The van der Waals surface area contributed by atoms with Gasteiger partial charge in [-0.15, -0.1) is 0 Å². The Kier molecular flexibility index (Phi) is 6.84. The van der Waals surface area contributed by atoms with Crippen molar-refractivity contribution in [3.63, 3.8) is 0 Å². The molecule has 0 radical (unpaired) electrons. The van der Waals surface area contributed by atoms with E-state index in [1.807, 2.05) is 48.5 Å². The van der Waals surface area contributed by atoms with Crippen LogP contribution in [0.5, 0.6) is 0 Å². The molecule has 1 fully saturated rings. The number of aromatic nitrogens is 1. The van der Waals surface area contributed by atoms with Gasteiger partial charge in [0.15, 0.2) is 0 Å². The quantitative estimate of drug-likeness (QED) is 0.751. The second-order valence-electron chi connectivity index (χ2n) is 6.81. The molecule has 1 saturated heterocycles. The predicted molar refractivity (Wildman–Crippen MR) is 107 cm³/mol. The van der Waals surface area contributed by atoms with E-state index < -0.39 is 6.04 Å². The molecule has 1 aromatic heterocycles. The highest BCUT2D eigenvalue weighted by molar-refractivity contribution is 5.77. The van der Waals surface area contributed by atoms with Gasteiger partial charge in [-0.05, 0) is 30.5 Å². The van der Waals surface area contributed by atoms with Crippen LogP contribution in [0.2, 0.25) is 0 Å². The Morgan fingerprint density at radius 3 is 2.50 bits per heavy atom. The maximum atomic E-state index is 12.5. The van der Waals surface area contributed by atoms with E-state index in [2.05, 4.69) is 20.5 Å². The minimum Gasteiger partial charge on any atom is -0.469 e. The number of hydrogen-bond acceptors (Lipinski definition) is 5. The Morgan fingerprint density at radius 1 is 1.14 bits per heavy atom. The maximum Gasteiger partial charge on any atom is 0.315 e. The van der Waals surface area contributed by atoms with Crippen LogP contribution in [0, 0.1) is 0 Å². The first-order chi connectivity index (χ1) is 13.7. The van der Waals surface area contributed by atoms with Crippen molar-refractivity contribution in [1.82, 2.24) is 15.6 Å². The lowest BCUT2D eigenvalue weighted by Gasteiger charge is -2.33. The fourth-order valence-electron chi connectivity index (χ4n) is 3.37. The zero-order valence-corrected chi connectivity index (χ0v) is 16.0. The molecule has 7 nitrogen and oxygen atoms in total. The highest BCUT2D eigenvalue weighted by Gasteiger charge is 2.24. The van der Waals surface area contributed by atoms with Crippen LogP contribution in [0.15, 0.2) is 54.7 Å². The molecule has 1 aromatic carbocycles. The summed E-state index contributed by atoms with van der Waals surface area (Å²) < 4.78 is 4.77. The Morgan fingerprint density at radius 2 is 1.86 bits per heavy atom. The number of carbonyl (C=O) groups excluding carboxylic acids is 2. The fourth-order valence-corrected chi connectivity index (χ4v) is 3.37. The second-order valence-corrected chi connectivity index (χ2v) is 6.81. The Balaban J connectivity index is 1.53. The molecule has 7 heteroatoms. The number of carbonyl (C=O) groups is 2. The van der Waals surface area contributed by atoms with Crippen molar-refractivity contribution in [3.8, 4) is 0 Å². The van der Waals surface area contributed by atoms with Gasteiger partial charge in [0, 0.05) is 25.3 Å². The topological polar surface area (TPSA) is 83.6 Å². The molecule has 1 aliphatic rings. The largest absolute Gasteiger partial charge is 0.469 e. The SMILES string of the molecule is COC(=O)CC(NC(=O)NC1CCN(c2ccccn2)CC1)c1ccccc1. The van der Waals surface area contributed by atoms with Crippen LogP contribution in [0.4, 0.5) is 10.6 Å². The number of ether oxygens (including phenoxy) is 1. The molecule has 148 valence electrons. The van der Waals surface area contributed by atoms with Gasteiger partial charge >= 0.3 is 12.0 Å². The van der Waals surface area contributed by atoms with Crippen molar-refractivity contribution in [2.45, 2.75) is 31.3 Å². The van der Waals surface area contributed by atoms with Gasteiger partial charge < -0.3 is 20.3 Å². The summed E-state index contributed by atoms with van der Waals surface area (Å²) in [6, 6.07) is 14.7. The first-order valence-electron chi connectivity index (χ1n) is 9.50. The summed E-state index contributed by atoms with van der Waals surface area (Å²) in [5.41, 5.74) is 0.869. The minimum absolute atomic E-state index is 0.0893. The van der Waals surface area contributed by atoms with Crippen molar-refractivity contribution in [3.05, 3.63) is 60.3 Å². The van der Waals surface area contributed by atoms with E-state index in [1.54, 1.807) is 6.20 Å². The molecule has 1 unspecified atom stereocenters. The van der Waals surface area contributed by atoms with E-state index in [4.69, 9.17) is 4.74 Å². The summed E-state index contributed by atoms with van der Waals surface area (Å²) in [4.78, 5) is 30.9. The standard InChI is InChI=1S/C21H26N4O3/c1-28-20(26)15-18(16-7-3-2-4-8-16)24-21(27)23-17-10-13-25(14-11-17)19-9-5-6-12-22-19/h2-9,12,17-18H,10-11,13-15H2,1H3,(H2,23,24,27). The monoisotopic (exact) mass is 382 g/mol. The van der Waals surface area contributed by atoms with Gasteiger partial charge in [-0.3, -0.25) is 4.79 Å². The third kappa shape index (κ3) is 5.45. The van der Waals surface area contributed by atoms with E-state index in [9.17, 15) is 9.59 Å². The molecule has 1 atom stereocenters. The van der Waals surface area contributed by atoms with Gasteiger partial charge in [0.1, 0.15) is 5.82 Å². The third-order valence-electron chi connectivity index (χ3n) is 4.91. The number of rotatable bonds is 6. The number of nitrogens with one attached hydrogen (secondary N) is 2. The van der Waals surface area contributed by atoms with Crippen LogP contribution >= 0.6 is 0 Å². The van der Waals surface area contributed by atoms with E-state index in [0.717, 1.165) is 37.3 Å². The van der Waals surface area contributed by atoms with Crippen molar-refractivity contribution in [1.29, 1.82) is 0 Å². The molecule has 2 aromatic rings. The molecule has 3 rings (SSSR count). The molecular formula is C21H26N4O3. The number of pyridine rings is 1. The normalized spacial score (nSPS) is 15.5. The van der Waals surface area contributed by atoms with E-state index >= 15 is 0 Å². The minimum atomic E-state index is -0.428. The number of amides is 2. The Labute approximate surface area is 165 Å². The highest BCUT2D eigenvalue weighted by Crippen LogP contribution is 2.19. The predicted octanol–water partition coefficient (Wildman–Crippen LogP) is 2.65. The van der Waals surface area contributed by atoms with Gasteiger partial charge in [-0.1, -0.05) is 36.4 Å². The summed E-state index contributed by atoms with van der Waals surface area (Å²) in [6.45, 7) is 1.68. The lowest BCUT2D eigenvalue weighted by atomic mass is 10.0. The lowest BCUT2D eigenvalue weighted by Crippen LogP contribution is -2.49. The molecule has 0 saturated carbocycles. The Hall–Kier alpha value is -3.09. The molecular weight excluding hydrogens is 356 g/mol. The first kappa shape index (κ1) is 19.7. The maximum absolute atomic E-state index is 12.5. The van der Waals surface area contributed by atoms with Crippen molar-refractivity contribution < 1.29 is 14.3 Å². The molecule has 0 bridgehead atoms. The third-order valence-corrected chi connectivity index (χ3v) is 4.91. The molecule has 2 N–H and O–H groups in total. The van der Waals surface area contributed by atoms with Crippen LogP contribution in [-0.4, -0.2) is 43.2 Å². The number of hydrogen-bond donors (Lipinski definition) is 2. The smallest absolute Gasteiger partial charge is 0.315 e. The molecule has 2 amide bonds. The van der Waals surface area contributed by atoms with Crippen molar-refractivity contribution in [2.75, 3.05) is 25.1 Å².